The zero-order chi connectivity index (χ0) is 17.9. The van der Waals surface area contributed by atoms with Gasteiger partial charge in [-0.15, -0.1) is 0 Å². The molecule has 26 heavy (non-hydrogen) atoms. The van der Waals surface area contributed by atoms with Gasteiger partial charge in [-0.1, -0.05) is 36.4 Å². The standard InChI is InChI=1S/C20H19N3O3/c24-19-8-7-18(17-6-5-15-3-1-2-4-16(15)13-17)21-23(19)14-20(25)22-9-11-26-12-10-22/h1-8,13H,9-12,14H2. The van der Waals surface area contributed by atoms with Gasteiger partial charge in [-0.25, -0.2) is 4.68 Å². The van der Waals surface area contributed by atoms with E-state index in [1.165, 1.54) is 10.7 Å². The lowest BCUT2D eigenvalue weighted by molar-refractivity contribution is -0.136. The Labute approximate surface area is 150 Å². The number of amides is 1. The molecule has 3 aromatic rings. The quantitative estimate of drug-likeness (QED) is 0.725. The van der Waals surface area contributed by atoms with Crippen molar-refractivity contribution in [1.82, 2.24) is 14.7 Å². The van der Waals surface area contributed by atoms with Crippen molar-refractivity contribution in [2.75, 3.05) is 26.3 Å². The van der Waals surface area contributed by atoms with Crippen LogP contribution in [0.2, 0.25) is 0 Å². The van der Waals surface area contributed by atoms with Gasteiger partial charge < -0.3 is 9.64 Å². The fourth-order valence-electron chi connectivity index (χ4n) is 3.11. The van der Waals surface area contributed by atoms with Gasteiger partial charge >= 0.3 is 0 Å². The van der Waals surface area contributed by atoms with Crippen LogP contribution in [0, 0.1) is 0 Å². The number of rotatable bonds is 3. The van der Waals surface area contributed by atoms with Crippen LogP contribution in [0.1, 0.15) is 0 Å². The molecule has 6 nitrogen and oxygen atoms in total. The third kappa shape index (κ3) is 3.36. The number of benzene rings is 2. The predicted octanol–water partition coefficient (Wildman–Crippen LogP) is 1.92. The maximum Gasteiger partial charge on any atom is 0.267 e. The van der Waals surface area contributed by atoms with Crippen LogP contribution in [0.25, 0.3) is 22.0 Å². The summed E-state index contributed by atoms with van der Waals surface area (Å²) in [4.78, 5) is 26.3. The number of hydrogen-bond acceptors (Lipinski definition) is 4. The number of ether oxygens (including phenoxy) is 1. The lowest BCUT2D eigenvalue weighted by Crippen LogP contribution is -2.43. The van der Waals surface area contributed by atoms with E-state index in [0.29, 0.717) is 32.0 Å². The molecule has 0 N–H and O–H groups in total. The number of nitrogens with zero attached hydrogens (tertiary/aromatic N) is 3. The molecule has 0 unspecified atom stereocenters. The summed E-state index contributed by atoms with van der Waals surface area (Å²) in [6.07, 6.45) is 0. The number of fused-ring (bicyclic) bond motifs is 1. The third-order valence-electron chi connectivity index (χ3n) is 4.56. The minimum Gasteiger partial charge on any atom is -0.378 e. The van der Waals surface area contributed by atoms with E-state index in [2.05, 4.69) is 11.2 Å². The van der Waals surface area contributed by atoms with Gasteiger partial charge in [-0.2, -0.15) is 5.10 Å². The molecule has 1 saturated heterocycles. The Morgan fingerprint density at radius 3 is 2.58 bits per heavy atom. The first-order chi connectivity index (χ1) is 12.7. The first-order valence-corrected chi connectivity index (χ1v) is 8.63. The second-order valence-corrected chi connectivity index (χ2v) is 6.27. The van der Waals surface area contributed by atoms with E-state index in [9.17, 15) is 9.59 Å². The lowest BCUT2D eigenvalue weighted by Gasteiger charge is -2.26. The molecule has 0 saturated carbocycles. The fourth-order valence-corrected chi connectivity index (χ4v) is 3.11. The summed E-state index contributed by atoms with van der Waals surface area (Å²) >= 11 is 0. The number of hydrogen-bond donors (Lipinski definition) is 0. The highest BCUT2D eigenvalue weighted by atomic mass is 16.5. The molecule has 0 spiro atoms. The Balaban J connectivity index is 1.62. The smallest absolute Gasteiger partial charge is 0.267 e. The highest BCUT2D eigenvalue weighted by molar-refractivity contribution is 5.86. The van der Waals surface area contributed by atoms with E-state index in [-0.39, 0.29) is 18.0 Å². The molecule has 1 aliphatic heterocycles. The van der Waals surface area contributed by atoms with E-state index >= 15 is 0 Å². The SMILES string of the molecule is O=C(Cn1nc(-c2ccc3ccccc3c2)ccc1=O)N1CCOCC1. The Morgan fingerprint density at radius 2 is 1.77 bits per heavy atom. The molecule has 0 bridgehead atoms. The fraction of sp³-hybridized carbons (Fsp3) is 0.250. The van der Waals surface area contributed by atoms with Crippen molar-refractivity contribution in [2.24, 2.45) is 0 Å². The van der Waals surface area contributed by atoms with Crippen LogP contribution in [-0.4, -0.2) is 46.9 Å². The Hall–Kier alpha value is -2.99. The van der Waals surface area contributed by atoms with Gasteiger partial charge in [0.1, 0.15) is 6.54 Å². The molecule has 4 rings (SSSR count). The summed E-state index contributed by atoms with van der Waals surface area (Å²) in [7, 11) is 0. The molecule has 2 aromatic carbocycles. The molecule has 0 atom stereocenters. The minimum atomic E-state index is -0.281. The highest BCUT2D eigenvalue weighted by Crippen LogP contribution is 2.22. The summed E-state index contributed by atoms with van der Waals surface area (Å²) in [5, 5.41) is 6.66. The largest absolute Gasteiger partial charge is 0.378 e. The van der Waals surface area contributed by atoms with Crippen LogP contribution in [0.4, 0.5) is 0 Å². The summed E-state index contributed by atoms with van der Waals surface area (Å²) < 4.78 is 6.50. The predicted molar refractivity (Wildman–Crippen MR) is 98.8 cm³/mol. The molecule has 1 aromatic heterocycles. The second-order valence-electron chi connectivity index (χ2n) is 6.27. The van der Waals surface area contributed by atoms with Gasteiger partial charge in [-0.05, 0) is 22.9 Å². The zero-order valence-corrected chi connectivity index (χ0v) is 14.3. The average molecular weight is 349 g/mol. The zero-order valence-electron chi connectivity index (χ0n) is 14.3. The number of morpholine rings is 1. The lowest BCUT2D eigenvalue weighted by atomic mass is 10.1. The van der Waals surface area contributed by atoms with E-state index < -0.39 is 0 Å². The second kappa shape index (κ2) is 7.09. The third-order valence-corrected chi connectivity index (χ3v) is 4.56. The Kier molecular flexibility index (Phi) is 4.50. The maximum atomic E-state index is 12.4. The highest BCUT2D eigenvalue weighted by Gasteiger charge is 2.18. The van der Waals surface area contributed by atoms with Crippen molar-refractivity contribution in [1.29, 1.82) is 0 Å². The molecule has 1 aliphatic rings. The first kappa shape index (κ1) is 16.5. The van der Waals surface area contributed by atoms with Crippen molar-refractivity contribution in [3.8, 4) is 11.3 Å². The molecule has 1 fully saturated rings. The van der Waals surface area contributed by atoms with Crippen molar-refractivity contribution < 1.29 is 9.53 Å². The molecule has 0 radical (unpaired) electrons. The van der Waals surface area contributed by atoms with Crippen LogP contribution in [0.3, 0.4) is 0 Å². The van der Waals surface area contributed by atoms with Crippen molar-refractivity contribution in [3.05, 3.63) is 65.0 Å². The number of carbonyl (C=O) groups is 1. The first-order valence-electron chi connectivity index (χ1n) is 8.63. The van der Waals surface area contributed by atoms with E-state index in [1.54, 1.807) is 11.0 Å². The number of carbonyl (C=O) groups excluding carboxylic acids is 1. The molecule has 2 heterocycles. The molecule has 6 heteroatoms. The average Bonchev–Trinajstić information content (AvgIpc) is 2.70. The van der Waals surface area contributed by atoms with Gasteiger partial charge in [0.25, 0.3) is 5.56 Å². The van der Waals surface area contributed by atoms with E-state index in [4.69, 9.17) is 4.74 Å². The van der Waals surface area contributed by atoms with Gasteiger partial charge in [-0.3, -0.25) is 9.59 Å². The molecule has 0 aliphatic carbocycles. The Bertz CT molecular complexity index is 1010. The molecular weight excluding hydrogens is 330 g/mol. The molecule has 1 amide bonds. The minimum absolute atomic E-state index is 0.0553. The van der Waals surface area contributed by atoms with Crippen molar-refractivity contribution >= 4 is 16.7 Å². The monoisotopic (exact) mass is 349 g/mol. The summed E-state index contributed by atoms with van der Waals surface area (Å²) in [6.45, 7) is 2.12. The van der Waals surface area contributed by atoms with Crippen molar-refractivity contribution in [3.63, 3.8) is 0 Å². The summed E-state index contributed by atoms with van der Waals surface area (Å²) in [5.74, 6) is -0.112. The summed E-state index contributed by atoms with van der Waals surface area (Å²) in [6, 6.07) is 17.3. The number of aromatic nitrogens is 2. The summed E-state index contributed by atoms with van der Waals surface area (Å²) in [5.41, 5.74) is 1.30. The van der Waals surface area contributed by atoms with Gasteiger partial charge in [0.05, 0.1) is 18.9 Å². The normalized spacial score (nSPS) is 14.5. The van der Waals surface area contributed by atoms with Crippen molar-refractivity contribution in [2.45, 2.75) is 6.54 Å². The van der Waals surface area contributed by atoms with E-state index in [1.807, 2.05) is 36.4 Å². The maximum absolute atomic E-state index is 12.4. The van der Waals surface area contributed by atoms with Gasteiger partial charge in [0, 0.05) is 24.7 Å². The van der Waals surface area contributed by atoms with Crippen LogP contribution >= 0.6 is 0 Å². The van der Waals surface area contributed by atoms with Crippen LogP contribution in [0.15, 0.2) is 59.4 Å². The van der Waals surface area contributed by atoms with E-state index in [0.717, 1.165) is 16.3 Å². The van der Waals surface area contributed by atoms with Gasteiger partial charge in [0.2, 0.25) is 5.91 Å². The molecule has 132 valence electrons. The van der Waals surface area contributed by atoms with Gasteiger partial charge in [0.15, 0.2) is 0 Å². The molecular formula is C20H19N3O3. The van der Waals surface area contributed by atoms with Crippen LogP contribution in [-0.2, 0) is 16.1 Å². The topological polar surface area (TPSA) is 64.4 Å². The van der Waals surface area contributed by atoms with Crippen LogP contribution < -0.4 is 5.56 Å². The van der Waals surface area contributed by atoms with Crippen LogP contribution in [0.5, 0.6) is 0 Å². The Morgan fingerprint density at radius 1 is 1.00 bits per heavy atom.